The monoisotopic (exact) mass is 402 g/mol. The second kappa shape index (κ2) is 7.50. The lowest BCUT2D eigenvalue weighted by Gasteiger charge is -2.44. The van der Waals surface area contributed by atoms with E-state index >= 15 is 0 Å². The number of nitrogens with zero attached hydrogens (tertiary/aromatic N) is 2. The topological polar surface area (TPSA) is 89.6 Å². The average molecular weight is 403 g/mol. The van der Waals surface area contributed by atoms with Crippen LogP contribution < -0.4 is 11.1 Å². The number of ether oxygens (including phenoxy) is 1. The van der Waals surface area contributed by atoms with E-state index in [1.165, 1.54) is 6.20 Å². The first-order chi connectivity index (χ1) is 13.1. The van der Waals surface area contributed by atoms with Gasteiger partial charge in [-0.3, -0.25) is 9.79 Å². The highest BCUT2D eigenvalue weighted by Crippen LogP contribution is 2.45. The summed E-state index contributed by atoms with van der Waals surface area (Å²) in [5, 5.41) is 3.99. The van der Waals surface area contributed by atoms with Gasteiger partial charge >= 0.3 is 0 Å². The van der Waals surface area contributed by atoms with E-state index in [0.717, 1.165) is 17.7 Å². The molecule has 6 nitrogen and oxygen atoms in total. The Hall–Kier alpha value is -2.09. The van der Waals surface area contributed by atoms with Crippen LogP contribution in [-0.4, -0.2) is 35.0 Å². The van der Waals surface area contributed by atoms with Gasteiger partial charge in [0.2, 0.25) is 0 Å². The summed E-state index contributed by atoms with van der Waals surface area (Å²) in [5.41, 5.74) is 7.70. The molecule has 8 heteroatoms. The third kappa shape index (κ3) is 3.67. The number of carbonyl (C=O) groups excluding carboxylic acids is 1. The Kier molecular flexibility index (Phi) is 5.08. The molecule has 0 spiro atoms. The maximum absolute atomic E-state index is 12.5. The molecular weight excluding hydrogens is 384 g/mol. The molecule has 1 aromatic heterocycles. The number of anilines is 1. The summed E-state index contributed by atoms with van der Waals surface area (Å²) in [5.74, 6) is 0.847. The van der Waals surface area contributed by atoms with Gasteiger partial charge in [-0.2, -0.15) is 0 Å². The molecule has 4 rings (SSSR count). The quantitative estimate of drug-likeness (QED) is 0.822. The van der Waals surface area contributed by atoms with Gasteiger partial charge in [-0.25, -0.2) is 4.98 Å². The van der Waals surface area contributed by atoms with Crippen molar-refractivity contribution >= 4 is 40.1 Å². The SMILES string of the molecule is NC1=NC2(c3cccc(NC(=O)c4ccc(Cl)cn4)c3)CCOCC2CS1. The van der Waals surface area contributed by atoms with Crippen molar-refractivity contribution in [1.29, 1.82) is 0 Å². The number of nitrogens with one attached hydrogen (secondary N) is 1. The number of nitrogens with two attached hydrogens (primary N) is 1. The van der Waals surface area contributed by atoms with Crippen LogP contribution in [0.2, 0.25) is 5.02 Å². The van der Waals surface area contributed by atoms with E-state index in [4.69, 9.17) is 27.1 Å². The molecule has 27 heavy (non-hydrogen) atoms. The molecule has 3 heterocycles. The van der Waals surface area contributed by atoms with Gasteiger partial charge in [0, 0.05) is 36.6 Å². The number of hydrogen-bond donors (Lipinski definition) is 2. The van der Waals surface area contributed by atoms with E-state index in [1.807, 2.05) is 24.3 Å². The van der Waals surface area contributed by atoms with Crippen molar-refractivity contribution in [2.45, 2.75) is 12.0 Å². The largest absolute Gasteiger partial charge is 0.381 e. The Morgan fingerprint density at radius 1 is 1.37 bits per heavy atom. The Labute approximate surface area is 166 Å². The molecule has 1 fully saturated rings. The Morgan fingerprint density at radius 2 is 2.26 bits per heavy atom. The normalized spacial score (nSPS) is 24.6. The molecule has 0 radical (unpaired) electrons. The molecule has 140 valence electrons. The number of aromatic nitrogens is 1. The Bertz CT molecular complexity index is 890. The highest BCUT2D eigenvalue weighted by atomic mass is 35.5. The summed E-state index contributed by atoms with van der Waals surface area (Å²) < 4.78 is 5.67. The number of aliphatic imine (C=N–C) groups is 1. The highest BCUT2D eigenvalue weighted by Gasteiger charge is 2.45. The van der Waals surface area contributed by atoms with Crippen molar-refractivity contribution in [2.24, 2.45) is 16.6 Å². The van der Waals surface area contributed by atoms with Crippen LogP contribution in [0.3, 0.4) is 0 Å². The van der Waals surface area contributed by atoms with Gasteiger partial charge in [0.05, 0.1) is 17.2 Å². The van der Waals surface area contributed by atoms with E-state index < -0.39 is 5.54 Å². The zero-order valence-electron chi connectivity index (χ0n) is 14.5. The predicted octanol–water partition coefficient (Wildman–Crippen LogP) is 3.28. The second-order valence-corrected chi connectivity index (χ2v) is 8.08. The number of amides is 1. The van der Waals surface area contributed by atoms with Gasteiger partial charge in [0.1, 0.15) is 5.69 Å². The zero-order chi connectivity index (χ0) is 18.9. The lowest BCUT2D eigenvalue weighted by Crippen LogP contribution is -2.46. The van der Waals surface area contributed by atoms with E-state index in [9.17, 15) is 4.79 Å². The fourth-order valence-electron chi connectivity index (χ4n) is 3.56. The lowest BCUT2D eigenvalue weighted by molar-refractivity contribution is 0.0101. The van der Waals surface area contributed by atoms with Crippen LogP contribution in [0.15, 0.2) is 47.6 Å². The minimum Gasteiger partial charge on any atom is -0.381 e. The summed E-state index contributed by atoms with van der Waals surface area (Å²) in [6.45, 7) is 1.30. The first kappa shape index (κ1) is 18.3. The maximum atomic E-state index is 12.5. The molecule has 0 aliphatic carbocycles. The summed E-state index contributed by atoms with van der Waals surface area (Å²) >= 11 is 7.40. The minimum atomic E-state index is -0.396. The molecule has 0 saturated carbocycles. The number of pyridine rings is 1. The molecule has 1 aromatic carbocycles. The minimum absolute atomic E-state index is 0.257. The van der Waals surface area contributed by atoms with Crippen molar-refractivity contribution < 1.29 is 9.53 Å². The molecule has 2 aliphatic heterocycles. The maximum Gasteiger partial charge on any atom is 0.274 e. The first-order valence-corrected chi connectivity index (χ1v) is 10.0. The van der Waals surface area contributed by atoms with Gasteiger partial charge in [0.25, 0.3) is 5.91 Å². The summed E-state index contributed by atoms with van der Waals surface area (Å²) in [7, 11) is 0. The van der Waals surface area contributed by atoms with E-state index in [1.54, 1.807) is 23.9 Å². The van der Waals surface area contributed by atoms with Gasteiger partial charge < -0.3 is 15.8 Å². The molecule has 2 unspecified atom stereocenters. The van der Waals surface area contributed by atoms with Gasteiger partial charge in [-0.05, 0) is 29.8 Å². The Morgan fingerprint density at radius 3 is 3.07 bits per heavy atom. The summed E-state index contributed by atoms with van der Waals surface area (Å²) in [4.78, 5) is 21.3. The van der Waals surface area contributed by atoms with Crippen molar-refractivity contribution in [2.75, 3.05) is 24.3 Å². The number of fused-ring (bicyclic) bond motifs is 1. The van der Waals surface area contributed by atoms with Gasteiger partial charge in [-0.1, -0.05) is 35.5 Å². The van der Waals surface area contributed by atoms with Crippen LogP contribution in [0.5, 0.6) is 0 Å². The Balaban J connectivity index is 1.63. The van der Waals surface area contributed by atoms with Crippen molar-refractivity contribution in [3.05, 3.63) is 58.9 Å². The molecule has 3 N–H and O–H groups in total. The summed E-state index contributed by atoms with van der Waals surface area (Å²) in [6.07, 6.45) is 2.23. The van der Waals surface area contributed by atoms with Crippen LogP contribution in [-0.2, 0) is 10.3 Å². The number of carbonyl (C=O) groups is 1. The number of hydrogen-bond acceptors (Lipinski definition) is 6. The van der Waals surface area contributed by atoms with Gasteiger partial charge in [0.15, 0.2) is 5.17 Å². The third-order valence-corrected chi connectivity index (χ3v) is 6.12. The van der Waals surface area contributed by atoms with Crippen LogP contribution in [0.25, 0.3) is 0 Å². The van der Waals surface area contributed by atoms with Crippen LogP contribution in [0, 0.1) is 5.92 Å². The number of thioether (sulfide) groups is 1. The first-order valence-electron chi connectivity index (χ1n) is 8.66. The molecule has 2 atom stereocenters. The van der Waals surface area contributed by atoms with E-state index in [-0.39, 0.29) is 11.8 Å². The van der Waals surface area contributed by atoms with Gasteiger partial charge in [-0.15, -0.1) is 0 Å². The van der Waals surface area contributed by atoms with E-state index in [0.29, 0.717) is 34.8 Å². The number of halogens is 1. The standard InChI is InChI=1S/C19H19ClN4O2S/c20-14-4-5-16(22-9-14)17(25)23-15-3-1-2-12(8-15)19-6-7-26-10-13(19)11-27-18(21)24-19/h1-5,8-9,13H,6-7,10-11H2,(H2,21,24)(H,23,25). The molecule has 2 aromatic rings. The fourth-order valence-corrected chi connectivity index (χ4v) is 4.64. The third-order valence-electron chi connectivity index (χ3n) is 4.94. The molecule has 2 aliphatic rings. The number of benzene rings is 1. The average Bonchev–Trinajstić information content (AvgIpc) is 2.68. The number of rotatable bonds is 3. The molecular formula is C19H19ClN4O2S. The van der Waals surface area contributed by atoms with Crippen molar-refractivity contribution in [3.63, 3.8) is 0 Å². The van der Waals surface area contributed by atoms with Crippen molar-refractivity contribution in [1.82, 2.24) is 4.98 Å². The predicted molar refractivity (Wildman–Crippen MR) is 108 cm³/mol. The molecule has 0 bridgehead atoms. The second-order valence-electron chi connectivity index (χ2n) is 6.60. The highest BCUT2D eigenvalue weighted by molar-refractivity contribution is 8.13. The van der Waals surface area contributed by atoms with E-state index in [2.05, 4.69) is 10.3 Å². The summed E-state index contributed by atoms with van der Waals surface area (Å²) in [6, 6.07) is 11.0. The lowest BCUT2D eigenvalue weighted by atomic mass is 9.75. The molecule has 1 saturated heterocycles. The van der Waals surface area contributed by atoms with Crippen LogP contribution >= 0.6 is 23.4 Å². The smallest absolute Gasteiger partial charge is 0.274 e. The number of amidine groups is 1. The zero-order valence-corrected chi connectivity index (χ0v) is 16.1. The van der Waals surface area contributed by atoms with Crippen LogP contribution in [0.4, 0.5) is 5.69 Å². The fraction of sp³-hybridized carbons (Fsp3) is 0.316. The van der Waals surface area contributed by atoms with Crippen molar-refractivity contribution in [3.8, 4) is 0 Å². The molecule has 1 amide bonds. The van der Waals surface area contributed by atoms with Crippen LogP contribution in [0.1, 0.15) is 22.5 Å².